The molecule has 0 aromatic heterocycles. The first-order valence-corrected chi connectivity index (χ1v) is 5.00. The van der Waals surface area contributed by atoms with Crippen molar-refractivity contribution in [3.8, 4) is 0 Å². The van der Waals surface area contributed by atoms with Gasteiger partial charge in [0.25, 0.3) is 0 Å². The molecule has 0 bridgehead atoms. The van der Waals surface area contributed by atoms with Gasteiger partial charge in [0.2, 0.25) is 0 Å². The Labute approximate surface area is 77.7 Å². The molecule has 2 aliphatic rings. The molecule has 12 heavy (non-hydrogen) atoms. The van der Waals surface area contributed by atoms with Crippen LogP contribution in [0.2, 0.25) is 0 Å². The van der Waals surface area contributed by atoms with E-state index in [-0.39, 0.29) is 11.8 Å². The molecule has 1 aliphatic carbocycles. The lowest BCUT2D eigenvalue weighted by atomic mass is 9.92. The Morgan fingerprint density at radius 3 is 2.92 bits per heavy atom. The predicted molar refractivity (Wildman–Crippen MR) is 48.3 cm³/mol. The summed E-state index contributed by atoms with van der Waals surface area (Å²) in [7, 11) is 0. The van der Waals surface area contributed by atoms with Crippen molar-refractivity contribution in [2.45, 2.75) is 31.2 Å². The summed E-state index contributed by atoms with van der Waals surface area (Å²) in [5.74, 6) is 1.44. The number of alkyl halides is 1. The second kappa shape index (κ2) is 3.00. The molecule has 0 spiro atoms. The molecular weight excluding hydrogens is 174 g/mol. The van der Waals surface area contributed by atoms with Crippen LogP contribution in [-0.4, -0.2) is 23.7 Å². The standard InChI is InChI=1S/C9H14ClNO/c1-5(12)9-8-3-7(10)2-6(8)4-11-9/h6-9,11H,2-4H2,1H3/t6?,7?,8?,9-/m1/s1. The Hall–Kier alpha value is -0.0800. The Balaban J connectivity index is 2.08. The van der Waals surface area contributed by atoms with Crippen molar-refractivity contribution in [2.75, 3.05) is 6.54 Å². The van der Waals surface area contributed by atoms with Crippen LogP contribution in [0.4, 0.5) is 0 Å². The quantitative estimate of drug-likeness (QED) is 0.625. The molecule has 3 unspecified atom stereocenters. The number of hydrogen-bond donors (Lipinski definition) is 1. The van der Waals surface area contributed by atoms with E-state index in [4.69, 9.17) is 11.6 Å². The molecule has 0 amide bonds. The van der Waals surface area contributed by atoms with Gasteiger partial charge in [-0.15, -0.1) is 11.6 Å². The largest absolute Gasteiger partial charge is 0.307 e. The van der Waals surface area contributed by atoms with Gasteiger partial charge in [-0.1, -0.05) is 0 Å². The molecule has 1 saturated carbocycles. The Bertz CT molecular complexity index is 207. The summed E-state index contributed by atoms with van der Waals surface area (Å²) in [6.45, 7) is 2.65. The average Bonchev–Trinajstić information content (AvgIpc) is 2.43. The molecule has 3 heteroatoms. The number of carbonyl (C=O) groups is 1. The third-order valence-electron chi connectivity index (χ3n) is 3.16. The summed E-state index contributed by atoms with van der Waals surface area (Å²) < 4.78 is 0. The number of rotatable bonds is 1. The molecule has 0 aromatic rings. The van der Waals surface area contributed by atoms with E-state index in [1.165, 1.54) is 0 Å². The zero-order valence-corrected chi connectivity index (χ0v) is 7.97. The number of carbonyl (C=O) groups excluding carboxylic acids is 1. The first-order chi connectivity index (χ1) is 5.68. The van der Waals surface area contributed by atoms with Gasteiger partial charge in [0.15, 0.2) is 0 Å². The minimum atomic E-state index is 0.0961. The van der Waals surface area contributed by atoms with E-state index in [0.717, 1.165) is 19.4 Å². The van der Waals surface area contributed by atoms with Gasteiger partial charge in [-0.25, -0.2) is 0 Å². The summed E-state index contributed by atoms with van der Waals surface area (Å²) in [5, 5.41) is 3.58. The Morgan fingerprint density at radius 1 is 1.50 bits per heavy atom. The summed E-state index contributed by atoms with van der Waals surface area (Å²) in [4.78, 5) is 11.2. The number of halogens is 1. The van der Waals surface area contributed by atoms with E-state index in [0.29, 0.717) is 17.2 Å². The number of fused-ring (bicyclic) bond motifs is 1. The van der Waals surface area contributed by atoms with Crippen LogP contribution in [0.25, 0.3) is 0 Å². The maximum absolute atomic E-state index is 11.2. The molecule has 0 aromatic carbocycles. The van der Waals surface area contributed by atoms with Crippen molar-refractivity contribution < 1.29 is 4.79 Å². The lowest BCUT2D eigenvalue weighted by Crippen LogP contribution is -2.34. The van der Waals surface area contributed by atoms with Crippen molar-refractivity contribution in [3.63, 3.8) is 0 Å². The van der Waals surface area contributed by atoms with Crippen LogP contribution in [0.1, 0.15) is 19.8 Å². The zero-order chi connectivity index (χ0) is 8.72. The minimum Gasteiger partial charge on any atom is -0.307 e. The molecule has 1 N–H and O–H groups in total. The molecule has 2 nitrogen and oxygen atoms in total. The normalized spacial score (nSPS) is 46.2. The number of Topliss-reactive ketones (excluding diaryl/α,β-unsaturated/α-hetero) is 1. The van der Waals surface area contributed by atoms with E-state index in [2.05, 4.69) is 5.32 Å². The molecular formula is C9H14ClNO. The van der Waals surface area contributed by atoms with Crippen LogP contribution in [-0.2, 0) is 4.79 Å². The fourth-order valence-electron chi connectivity index (χ4n) is 2.61. The molecule has 1 aliphatic heterocycles. The van der Waals surface area contributed by atoms with Crippen LogP contribution in [0.3, 0.4) is 0 Å². The molecule has 4 atom stereocenters. The highest BCUT2D eigenvalue weighted by molar-refractivity contribution is 6.20. The van der Waals surface area contributed by atoms with E-state index in [9.17, 15) is 4.79 Å². The molecule has 68 valence electrons. The number of nitrogens with one attached hydrogen (secondary N) is 1. The number of ketones is 1. The van der Waals surface area contributed by atoms with Crippen LogP contribution in [0, 0.1) is 11.8 Å². The van der Waals surface area contributed by atoms with Crippen molar-refractivity contribution in [2.24, 2.45) is 11.8 Å². The Morgan fingerprint density at radius 2 is 2.25 bits per heavy atom. The topological polar surface area (TPSA) is 29.1 Å². The lowest BCUT2D eigenvalue weighted by Gasteiger charge is -2.14. The van der Waals surface area contributed by atoms with E-state index >= 15 is 0 Å². The monoisotopic (exact) mass is 187 g/mol. The van der Waals surface area contributed by atoms with Crippen molar-refractivity contribution in [3.05, 3.63) is 0 Å². The second-order valence-electron chi connectivity index (χ2n) is 3.99. The van der Waals surface area contributed by atoms with E-state index < -0.39 is 0 Å². The van der Waals surface area contributed by atoms with Crippen molar-refractivity contribution >= 4 is 17.4 Å². The molecule has 2 rings (SSSR count). The third kappa shape index (κ3) is 1.27. The van der Waals surface area contributed by atoms with Crippen LogP contribution >= 0.6 is 11.6 Å². The van der Waals surface area contributed by atoms with Gasteiger partial charge in [-0.2, -0.15) is 0 Å². The summed E-state index contributed by atoms with van der Waals surface area (Å²) >= 11 is 6.05. The van der Waals surface area contributed by atoms with Gasteiger partial charge in [0, 0.05) is 5.38 Å². The minimum absolute atomic E-state index is 0.0961. The second-order valence-corrected chi connectivity index (χ2v) is 4.61. The van der Waals surface area contributed by atoms with E-state index in [1.807, 2.05) is 0 Å². The van der Waals surface area contributed by atoms with Gasteiger partial charge in [-0.05, 0) is 38.1 Å². The predicted octanol–water partition coefficient (Wildman–Crippen LogP) is 1.18. The van der Waals surface area contributed by atoms with Crippen LogP contribution in [0.5, 0.6) is 0 Å². The highest BCUT2D eigenvalue weighted by Gasteiger charge is 2.44. The van der Waals surface area contributed by atoms with Crippen molar-refractivity contribution in [1.82, 2.24) is 5.32 Å². The van der Waals surface area contributed by atoms with Gasteiger partial charge >= 0.3 is 0 Å². The third-order valence-corrected chi connectivity index (χ3v) is 3.51. The van der Waals surface area contributed by atoms with Crippen molar-refractivity contribution in [1.29, 1.82) is 0 Å². The summed E-state index contributed by atoms with van der Waals surface area (Å²) in [6.07, 6.45) is 2.10. The summed E-state index contributed by atoms with van der Waals surface area (Å²) in [6, 6.07) is 0.0961. The lowest BCUT2D eigenvalue weighted by molar-refractivity contribution is -0.119. The summed E-state index contributed by atoms with van der Waals surface area (Å²) in [5.41, 5.74) is 0. The van der Waals surface area contributed by atoms with E-state index in [1.54, 1.807) is 6.92 Å². The van der Waals surface area contributed by atoms with Gasteiger partial charge in [0.05, 0.1) is 6.04 Å². The highest BCUT2D eigenvalue weighted by Crippen LogP contribution is 2.40. The zero-order valence-electron chi connectivity index (χ0n) is 7.22. The van der Waals surface area contributed by atoms with Gasteiger partial charge in [0.1, 0.15) is 5.78 Å². The molecule has 0 radical (unpaired) electrons. The number of hydrogen-bond acceptors (Lipinski definition) is 2. The fourth-order valence-corrected chi connectivity index (χ4v) is 3.04. The smallest absolute Gasteiger partial charge is 0.146 e. The highest BCUT2D eigenvalue weighted by atomic mass is 35.5. The Kier molecular flexibility index (Phi) is 2.13. The average molecular weight is 188 g/mol. The first-order valence-electron chi connectivity index (χ1n) is 4.56. The molecule has 2 fully saturated rings. The van der Waals surface area contributed by atoms with Crippen LogP contribution in [0.15, 0.2) is 0 Å². The maximum atomic E-state index is 11.2. The van der Waals surface area contributed by atoms with Crippen LogP contribution < -0.4 is 5.32 Å². The first kappa shape index (κ1) is 8.52. The molecule has 1 saturated heterocycles. The van der Waals surface area contributed by atoms with Gasteiger partial charge in [-0.3, -0.25) is 4.79 Å². The maximum Gasteiger partial charge on any atom is 0.146 e. The van der Waals surface area contributed by atoms with Gasteiger partial charge < -0.3 is 5.32 Å². The fraction of sp³-hybridized carbons (Fsp3) is 0.889. The molecule has 1 heterocycles. The SMILES string of the molecule is CC(=O)[C@H]1NCC2CC(Cl)CC21.